The van der Waals surface area contributed by atoms with Crippen molar-refractivity contribution in [2.45, 2.75) is 40.7 Å². The van der Waals surface area contributed by atoms with E-state index in [4.69, 9.17) is 0 Å². The van der Waals surface area contributed by atoms with E-state index in [2.05, 4.69) is 36.2 Å². The normalized spacial score (nSPS) is 17.2. The number of nitrogens with zero attached hydrogens (tertiary/aromatic N) is 2. The van der Waals surface area contributed by atoms with Gasteiger partial charge in [0.1, 0.15) is 0 Å². The van der Waals surface area contributed by atoms with Crippen molar-refractivity contribution in [2.75, 3.05) is 32.7 Å². The van der Waals surface area contributed by atoms with Crippen molar-refractivity contribution in [1.82, 2.24) is 15.1 Å². The van der Waals surface area contributed by atoms with Crippen molar-refractivity contribution in [3.05, 3.63) is 35.9 Å². The van der Waals surface area contributed by atoms with Crippen molar-refractivity contribution in [3.8, 4) is 0 Å². The van der Waals surface area contributed by atoms with Gasteiger partial charge in [-0.3, -0.25) is 14.5 Å². The van der Waals surface area contributed by atoms with Gasteiger partial charge in [0.15, 0.2) is 0 Å². The zero-order valence-electron chi connectivity index (χ0n) is 16.8. The molecule has 1 unspecified atom stereocenters. The quantitative estimate of drug-likeness (QED) is 0.879. The molecule has 1 saturated heterocycles. The molecule has 2 amide bonds. The zero-order valence-corrected chi connectivity index (χ0v) is 16.8. The van der Waals surface area contributed by atoms with E-state index in [0.717, 1.165) is 18.7 Å². The molecule has 1 aliphatic heterocycles. The van der Waals surface area contributed by atoms with Crippen LogP contribution in [0.1, 0.15) is 46.2 Å². The van der Waals surface area contributed by atoms with Crippen LogP contribution in [0.5, 0.6) is 0 Å². The highest BCUT2D eigenvalue weighted by atomic mass is 16.2. The average molecular weight is 360 g/mol. The van der Waals surface area contributed by atoms with Crippen molar-refractivity contribution < 1.29 is 9.59 Å². The Kier molecular flexibility index (Phi) is 6.81. The predicted molar refractivity (Wildman–Crippen MR) is 105 cm³/mol. The lowest BCUT2D eigenvalue weighted by molar-refractivity contribution is -0.141. The lowest BCUT2D eigenvalue weighted by atomic mass is 9.94. The molecule has 1 atom stereocenters. The Morgan fingerprint density at radius 2 is 1.62 bits per heavy atom. The number of nitrogens with one attached hydrogen (secondary N) is 1. The number of benzene rings is 1. The first kappa shape index (κ1) is 20.4. The van der Waals surface area contributed by atoms with Crippen LogP contribution in [0.4, 0.5) is 0 Å². The fraction of sp³-hybridized carbons (Fsp3) is 0.619. The van der Waals surface area contributed by atoms with Gasteiger partial charge >= 0.3 is 0 Å². The standard InChI is InChI=1S/C21H33N3O2/c1-16(2)19(17-9-7-6-8-10-17)22-18(25)15-23-11-13-24(14-12-23)20(26)21(3,4)5/h6-10,16,19H,11-15H2,1-5H3,(H,22,25). The van der Waals surface area contributed by atoms with Gasteiger partial charge in [-0.1, -0.05) is 65.0 Å². The topological polar surface area (TPSA) is 52.7 Å². The summed E-state index contributed by atoms with van der Waals surface area (Å²) in [6.45, 7) is 13.3. The van der Waals surface area contributed by atoms with Crippen LogP contribution in [0, 0.1) is 11.3 Å². The molecule has 1 aliphatic rings. The predicted octanol–water partition coefficient (Wildman–Crippen LogP) is 2.69. The minimum absolute atomic E-state index is 0.0208. The van der Waals surface area contributed by atoms with Gasteiger partial charge in [0.25, 0.3) is 0 Å². The third-order valence-electron chi connectivity index (χ3n) is 4.81. The molecule has 0 aromatic heterocycles. The summed E-state index contributed by atoms with van der Waals surface area (Å²) in [5.74, 6) is 0.552. The van der Waals surface area contributed by atoms with E-state index in [0.29, 0.717) is 25.6 Å². The molecule has 1 heterocycles. The van der Waals surface area contributed by atoms with Gasteiger partial charge in [-0.15, -0.1) is 0 Å². The summed E-state index contributed by atoms with van der Waals surface area (Å²) in [6, 6.07) is 10.1. The highest BCUT2D eigenvalue weighted by molar-refractivity contribution is 5.81. The van der Waals surface area contributed by atoms with Crippen LogP contribution in [0.3, 0.4) is 0 Å². The molecule has 2 rings (SSSR count). The number of rotatable bonds is 5. The van der Waals surface area contributed by atoms with Crippen LogP contribution in [0.2, 0.25) is 0 Å². The molecule has 1 N–H and O–H groups in total. The monoisotopic (exact) mass is 359 g/mol. The maximum Gasteiger partial charge on any atom is 0.234 e. The van der Waals surface area contributed by atoms with Crippen LogP contribution in [0.25, 0.3) is 0 Å². The van der Waals surface area contributed by atoms with Crippen LogP contribution in [-0.4, -0.2) is 54.3 Å². The number of carbonyl (C=O) groups is 2. The summed E-state index contributed by atoms with van der Waals surface area (Å²) in [7, 11) is 0. The molecule has 5 nitrogen and oxygen atoms in total. The van der Waals surface area contributed by atoms with E-state index in [-0.39, 0.29) is 23.3 Å². The summed E-state index contributed by atoms with van der Waals surface area (Å²) in [6.07, 6.45) is 0. The van der Waals surface area contributed by atoms with Crippen LogP contribution < -0.4 is 5.32 Å². The summed E-state index contributed by atoms with van der Waals surface area (Å²) in [4.78, 5) is 28.9. The Morgan fingerprint density at radius 1 is 1.04 bits per heavy atom. The smallest absolute Gasteiger partial charge is 0.234 e. The summed E-state index contributed by atoms with van der Waals surface area (Å²) in [5, 5.41) is 3.18. The average Bonchev–Trinajstić information content (AvgIpc) is 2.59. The second-order valence-electron chi connectivity index (χ2n) is 8.52. The molecule has 1 aromatic carbocycles. The van der Waals surface area contributed by atoms with E-state index in [1.807, 2.05) is 43.9 Å². The summed E-state index contributed by atoms with van der Waals surface area (Å²) >= 11 is 0. The number of hydrogen-bond acceptors (Lipinski definition) is 3. The third kappa shape index (κ3) is 5.56. The highest BCUT2D eigenvalue weighted by Gasteiger charge is 2.30. The van der Waals surface area contributed by atoms with Crippen molar-refractivity contribution in [2.24, 2.45) is 11.3 Å². The van der Waals surface area contributed by atoms with E-state index < -0.39 is 0 Å². The summed E-state index contributed by atoms with van der Waals surface area (Å²) < 4.78 is 0. The molecule has 1 fully saturated rings. The minimum atomic E-state index is -0.348. The second kappa shape index (κ2) is 8.67. The van der Waals surface area contributed by atoms with Gasteiger partial charge in [-0.05, 0) is 11.5 Å². The molecule has 0 bridgehead atoms. The number of amides is 2. The second-order valence-corrected chi connectivity index (χ2v) is 8.52. The molecule has 0 saturated carbocycles. The molecule has 144 valence electrons. The highest BCUT2D eigenvalue weighted by Crippen LogP contribution is 2.21. The molecule has 0 aliphatic carbocycles. The Morgan fingerprint density at radius 3 is 2.12 bits per heavy atom. The Labute approximate surface area is 157 Å². The van der Waals surface area contributed by atoms with Gasteiger partial charge in [-0.25, -0.2) is 0 Å². The number of piperazine rings is 1. The first-order valence-corrected chi connectivity index (χ1v) is 9.54. The number of carbonyl (C=O) groups excluding carboxylic acids is 2. The Hall–Kier alpha value is -1.88. The maximum atomic E-state index is 12.5. The summed E-state index contributed by atoms with van der Waals surface area (Å²) in [5.41, 5.74) is 0.788. The largest absolute Gasteiger partial charge is 0.348 e. The lowest BCUT2D eigenvalue weighted by Crippen LogP contribution is -2.53. The van der Waals surface area contributed by atoms with E-state index in [1.54, 1.807) is 0 Å². The van der Waals surface area contributed by atoms with Crippen LogP contribution in [0.15, 0.2) is 30.3 Å². The maximum absolute atomic E-state index is 12.5. The molecular weight excluding hydrogens is 326 g/mol. The minimum Gasteiger partial charge on any atom is -0.348 e. The van der Waals surface area contributed by atoms with Crippen LogP contribution >= 0.6 is 0 Å². The van der Waals surface area contributed by atoms with Crippen molar-refractivity contribution in [3.63, 3.8) is 0 Å². The van der Waals surface area contributed by atoms with Gasteiger partial charge in [0, 0.05) is 31.6 Å². The van der Waals surface area contributed by atoms with Crippen LogP contribution in [-0.2, 0) is 9.59 Å². The Bertz CT molecular complexity index is 599. The van der Waals surface area contributed by atoms with Gasteiger partial charge in [0.2, 0.25) is 11.8 Å². The Balaban J connectivity index is 1.86. The van der Waals surface area contributed by atoms with Crippen molar-refractivity contribution in [1.29, 1.82) is 0 Å². The molecule has 0 spiro atoms. The number of hydrogen-bond donors (Lipinski definition) is 1. The fourth-order valence-electron chi connectivity index (χ4n) is 3.30. The van der Waals surface area contributed by atoms with E-state index in [9.17, 15) is 9.59 Å². The molecular formula is C21H33N3O2. The van der Waals surface area contributed by atoms with Crippen molar-refractivity contribution >= 4 is 11.8 Å². The first-order valence-electron chi connectivity index (χ1n) is 9.54. The third-order valence-corrected chi connectivity index (χ3v) is 4.81. The molecule has 5 heteroatoms. The SMILES string of the molecule is CC(C)C(NC(=O)CN1CCN(C(=O)C(C)(C)C)CC1)c1ccccc1. The fourth-order valence-corrected chi connectivity index (χ4v) is 3.30. The molecule has 0 radical (unpaired) electrons. The van der Waals surface area contributed by atoms with Gasteiger partial charge in [-0.2, -0.15) is 0 Å². The van der Waals surface area contributed by atoms with E-state index >= 15 is 0 Å². The zero-order chi connectivity index (χ0) is 19.3. The van der Waals surface area contributed by atoms with Gasteiger partial charge in [0.05, 0.1) is 12.6 Å². The molecule has 26 heavy (non-hydrogen) atoms. The first-order chi connectivity index (χ1) is 12.2. The molecule has 1 aromatic rings. The lowest BCUT2D eigenvalue weighted by Gasteiger charge is -2.37. The van der Waals surface area contributed by atoms with Gasteiger partial charge < -0.3 is 10.2 Å². The van der Waals surface area contributed by atoms with E-state index in [1.165, 1.54) is 0 Å².